The smallest absolute Gasteiger partial charge is 0.333 e. The Bertz CT molecular complexity index is 552. The first-order chi connectivity index (χ1) is 10.8. The average Bonchev–Trinajstić information content (AvgIpc) is 2.82. The summed E-state index contributed by atoms with van der Waals surface area (Å²) in [5.41, 5.74) is -0.591. The molecule has 0 spiro atoms. The first-order valence-corrected chi connectivity index (χ1v) is 7.80. The maximum absolute atomic E-state index is 11.3. The molecule has 1 unspecified atom stereocenters. The predicted molar refractivity (Wildman–Crippen MR) is 85.6 cm³/mol. The van der Waals surface area contributed by atoms with Gasteiger partial charge in [0.15, 0.2) is 0 Å². The van der Waals surface area contributed by atoms with E-state index in [0.717, 1.165) is 13.1 Å². The van der Waals surface area contributed by atoms with Crippen LogP contribution >= 0.6 is 0 Å². The van der Waals surface area contributed by atoms with Crippen molar-refractivity contribution in [2.24, 2.45) is 7.05 Å². The van der Waals surface area contributed by atoms with Gasteiger partial charge in [-0.25, -0.2) is 4.68 Å². The third-order valence-corrected chi connectivity index (χ3v) is 3.91. The van der Waals surface area contributed by atoms with Gasteiger partial charge in [-0.3, -0.25) is 15.0 Å². The summed E-state index contributed by atoms with van der Waals surface area (Å²) in [7, 11) is 1.66. The van der Waals surface area contributed by atoms with Crippen LogP contribution in [0, 0.1) is 10.1 Å². The molecule has 0 aliphatic carbocycles. The van der Waals surface area contributed by atoms with E-state index < -0.39 is 10.5 Å². The number of aromatic nitrogens is 2. The van der Waals surface area contributed by atoms with E-state index in [1.807, 2.05) is 6.92 Å². The molecule has 9 heteroatoms. The van der Waals surface area contributed by atoms with Gasteiger partial charge in [-0.05, 0) is 13.3 Å². The van der Waals surface area contributed by atoms with Crippen LogP contribution in [0.2, 0.25) is 0 Å². The molecule has 2 N–H and O–H groups in total. The molecule has 1 aliphatic rings. The van der Waals surface area contributed by atoms with Crippen molar-refractivity contribution in [2.45, 2.75) is 25.9 Å². The molecular weight excluding hydrogens is 302 g/mol. The van der Waals surface area contributed by atoms with E-state index in [4.69, 9.17) is 4.74 Å². The van der Waals surface area contributed by atoms with Crippen molar-refractivity contribution in [1.29, 1.82) is 0 Å². The molecule has 1 fully saturated rings. The highest BCUT2D eigenvalue weighted by Crippen LogP contribution is 2.28. The van der Waals surface area contributed by atoms with E-state index in [1.165, 1.54) is 4.68 Å². The van der Waals surface area contributed by atoms with Crippen LogP contribution in [0.25, 0.3) is 0 Å². The second kappa shape index (κ2) is 7.24. The van der Waals surface area contributed by atoms with Gasteiger partial charge in [0, 0.05) is 33.2 Å². The van der Waals surface area contributed by atoms with E-state index in [9.17, 15) is 15.2 Å². The molecular formula is C14H25N5O4. The monoisotopic (exact) mass is 327 g/mol. The fourth-order valence-corrected chi connectivity index (χ4v) is 2.77. The number of ether oxygens (including phenoxy) is 1. The highest BCUT2D eigenvalue weighted by atomic mass is 16.6. The van der Waals surface area contributed by atoms with Gasteiger partial charge in [0.05, 0.1) is 23.7 Å². The van der Waals surface area contributed by atoms with E-state index in [-0.39, 0.29) is 12.2 Å². The largest absolute Gasteiger partial charge is 0.387 e. The quantitative estimate of drug-likeness (QED) is 0.551. The minimum Gasteiger partial charge on any atom is -0.387 e. The van der Waals surface area contributed by atoms with E-state index in [2.05, 4.69) is 15.3 Å². The second-order valence-corrected chi connectivity index (χ2v) is 6.12. The molecule has 1 aromatic heterocycles. The third-order valence-electron chi connectivity index (χ3n) is 3.91. The molecule has 0 aromatic carbocycles. The average molecular weight is 327 g/mol. The van der Waals surface area contributed by atoms with Gasteiger partial charge < -0.3 is 15.2 Å². The lowest BCUT2D eigenvalue weighted by Gasteiger charge is -2.33. The maximum Gasteiger partial charge on any atom is 0.333 e. The topological polar surface area (TPSA) is 106 Å². The number of nitro groups is 1. The summed E-state index contributed by atoms with van der Waals surface area (Å²) in [5, 5.41) is 29.0. The molecule has 0 amide bonds. The number of rotatable bonds is 7. The van der Waals surface area contributed by atoms with Crippen LogP contribution in [0.3, 0.4) is 0 Å². The molecule has 23 heavy (non-hydrogen) atoms. The molecule has 0 radical (unpaired) electrons. The van der Waals surface area contributed by atoms with Crippen molar-refractivity contribution in [3.8, 4) is 0 Å². The summed E-state index contributed by atoms with van der Waals surface area (Å²) in [6, 6.07) is 0. The standard InChI is InChI=1S/C14H25N5O4/c1-4-11-12(19(21)22)13(17(3)16-11)15-9-14(2,20)10-18-5-7-23-8-6-18/h15,20H,4-10H2,1-3H3. The Morgan fingerprint density at radius 1 is 1.48 bits per heavy atom. The second-order valence-electron chi connectivity index (χ2n) is 6.12. The molecule has 1 aliphatic heterocycles. The van der Waals surface area contributed by atoms with Crippen LogP contribution in [0.15, 0.2) is 0 Å². The summed E-state index contributed by atoms with van der Waals surface area (Å²) < 4.78 is 6.75. The normalized spacial score (nSPS) is 18.6. The molecule has 1 saturated heterocycles. The molecule has 2 rings (SSSR count). The Morgan fingerprint density at radius 2 is 2.13 bits per heavy atom. The first kappa shape index (κ1) is 17.6. The SMILES string of the molecule is CCc1nn(C)c(NCC(C)(O)CN2CCOCC2)c1[N+](=O)[O-]. The predicted octanol–water partition coefficient (Wildman–Crippen LogP) is 0.386. The molecule has 9 nitrogen and oxygen atoms in total. The zero-order valence-corrected chi connectivity index (χ0v) is 13.9. The van der Waals surface area contributed by atoms with Crippen molar-refractivity contribution in [3.05, 3.63) is 15.8 Å². The number of aliphatic hydroxyl groups is 1. The molecule has 1 aromatic rings. The minimum atomic E-state index is -1.01. The number of nitrogens with one attached hydrogen (secondary N) is 1. The van der Waals surface area contributed by atoms with Crippen LogP contribution in [0.1, 0.15) is 19.5 Å². The Labute approximate surface area is 135 Å². The summed E-state index contributed by atoms with van der Waals surface area (Å²) >= 11 is 0. The van der Waals surface area contributed by atoms with Gasteiger partial charge in [0.1, 0.15) is 5.69 Å². The van der Waals surface area contributed by atoms with Gasteiger partial charge in [-0.15, -0.1) is 0 Å². The van der Waals surface area contributed by atoms with Gasteiger partial charge in [-0.2, -0.15) is 5.10 Å². The lowest BCUT2D eigenvalue weighted by atomic mass is 10.1. The summed E-state index contributed by atoms with van der Waals surface area (Å²) in [6.45, 7) is 7.12. The first-order valence-electron chi connectivity index (χ1n) is 7.80. The van der Waals surface area contributed by atoms with Crippen molar-refractivity contribution in [2.75, 3.05) is 44.7 Å². The Balaban J connectivity index is 2.04. The Hall–Kier alpha value is -1.71. The lowest BCUT2D eigenvalue weighted by molar-refractivity contribution is -0.384. The number of aryl methyl sites for hydroxylation is 2. The molecule has 130 valence electrons. The van der Waals surface area contributed by atoms with E-state index >= 15 is 0 Å². The van der Waals surface area contributed by atoms with Gasteiger partial charge in [-0.1, -0.05) is 6.92 Å². The fourth-order valence-electron chi connectivity index (χ4n) is 2.77. The van der Waals surface area contributed by atoms with Crippen LogP contribution in [-0.2, 0) is 18.2 Å². The van der Waals surface area contributed by atoms with Crippen molar-refractivity contribution >= 4 is 11.5 Å². The number of nitrogens with zero attached hydrogens (tertiary/aromatic N) is 4. The summed E-state index contributed by atoms with van der Waals surface area (Å²) in [5.74, 6) is 0.328. The molecule has 2 heterocycles. The lowest BCUT2D eigenvalue weighted by Crippen LogP contribution is -2.49. The highest BCUT2D eigenvalue weighted by molar-refractivity contribution is 5.60. The maximum atomic E-state index is 11.3. The third kappa shape index (κ3) is 4.40. The molecule has 0 bridgehead atoms. The molecule has 0 saturated carbocycles. The van der Waals surface area contributed by atoms with E-state index in [1.54, 1.807) is 14.0 Å². The number of hydrogen-bond donors (Lipinski definition) is 2. The fraction of sp³-hybridized carbons (Fsp3) is 0.786. The summed E-state index contributed by atoms with van der Waals surface area (Å²) in [6.07, 6.45) is 0.482. The number of anilines is 1. The van der Waals surface area contributed by atoms with Crippen LogP contribution in [-0.4, -0.2) is 69.7 Å². The van der Waals surface area contributed by atoms with Crippen molar-refractivity contribution in [1.82, 2.24) is 14.7 Å². The van der Waals surface area contributed by atoms with Crippen LogP contribution in [0.5, 0.6) is 0 Å². The minimum absolute atomic E-state index is 0.0165. The van der Waals surface area contributed by atoms with Gasteiger partial charge in [0.25, 0.3) is 0 Å². The van der Waals surface area contributed by atoms with Crippen molar-refractivity contribution < 1.29 is 14.8 Å². The van der Waals surface area contributed by atoms with Gasteiger partial charge in [0.2, 0.25) is 5.82 Å². The number of hydrogen-bond acceptors (Lipinski definition) is 7. The van der Waals surface area contributed by atoms with Gasteiger partial charge >= 0.3 is 5.69 Å². The zero-order valence-electron chi connectivity index (χ0n) is 13.9. The molecule has 1 atom stereocenters. The highest BCUT2D eigenvalue weighted by Gasteiger charge is 2.29. The number of morpholine rings is 1. The zero-order chi connectivity index (χ0) is 17.0. The van der Waals surface area contributed by atoms with Crippen LogP contribution < -0.4 is 5.32 Å². The van der Waals surface area contributed by atoms with Crippen molar-refractivity contribution in [3.63, 3.8) is 0 Å². The van der Waals surface area contributed by atoms with E-state index in [0.29, 0.717) is 37.7 Å². The van der Waals surface area contributed by atoms with Crippen LogP contribution in [0.4, 0.5) is 11.5 Å². The number of β-amino-alcohol motifs (C(OH)–C–C–N with tert-alkyl or cyclic N) is 1. The Kier molecular flexibility index (Phi) is 5.55. The Morgan fingerprint density at radius 3 is 2.70 bits per heavy atom. The summed E-state index contributed by atoms with van der Waals surface area (Å²) in [4.78, 5) is 13.0.